The van der Waals surface area contributed by atoms with Gasteiger partial charge in [0.25, 0.3) is 0 Å². The number of hydrogen-bond acceptors (Lipinski definition) is 0. The van der Waals surface area contributed by atoms with Crippen LogP contribution in [0.2, 0.25) is 0 Å². The fraction of sp³-hybridized carbons (Fsp3) is 0.875. The summed E-state index contributed by atoms with van der Waals surface area (Å²) in [5, 5.41) is 0. The van der Waals surface area contributed by atoms with Crippen LogP contribution in [0.25, 0.3) is 0 Å². The molecule has 1 heteroatoms. The molecular formula is C8H18N+. The van der Waals surface area contributed by atoms with Crippen molar-refractivity contribution < 1.29 is 4.58 Å². The highest BCUT2D eigenvalue weighted by Gasteiger charge is 1.99. The Morgan fingerprint density at radius 1 is 1.56 bits per heavy atom. The maximum atomic E-state index is 3.78. The van der Waals surface area contributed by atoms with Gasteiger partial charge in [-0.15, -0.1) is 0 Å². The standard InChI is InChI=1S/C8H18N/c1-5-8(2)6-7-9(3)4/h8H,3,5-7H2,1-2,4H3/q+1. The fourth-order valence-corrected chi connectivity index (χ4v) is 0.645. The molecule has 0 rings (SSSR count). The lowest BCUT2D eigenvalue weighted by atomic mass is 10.1. The molecule has 0 radical (unpaired) electrons. The monoisotopic (exact) mass is 128 g/mol. The second-order valence-corrected chi connectivity index (χ2v) is 2.88. The average molecular weight is 128 g/mol. The Bertz CT molecular complexity index is 86.6. The molecular weight excluding hydrogens is 110 g/mol. The van der Waals surface area contributed by atoms with E-state index in [0.717, 1.165) is 12.5 Å². The van der Waals surface area contributed by atoms with Crippen LogP contribution in [0.1, 0.15) is 26.7 Å². The first-order valence-electron chi connectivity index (χ1n) is 3.68. The molecule has 1 atom stereocenters. The van der Waals surface area contributed by atoms with E-state index in [4.69, 9.17) is 0 Å². The van der Waals surface area contributed by atoms with Gasteiger partial charge in [0.1, 0.15) is 20.3 Å². The van der Waals surface area contributed by atoms with Crippen LogP contribution in [-0.4, -0.2) is 24.9 Å². The van der Waals surface area contributed by atoms with Crippen LogP contribution >= 0.6 is 0 Å². The van der Waals surface area contributed by atoms with Crippen LogP contribution < -0.4 is 0 Å². The van der Waals surface area contributed by atoms with Gasteiger partial charge in [-0.3, -0.25) is 0 Å². The summed E-state index contributed by atoms with van der Waals surface area (Å²) in [5.41, 5.74) is 0. The molecule has 0 aliphatic carbocycles. The van der Waals surface area contributed by atoms with E-state index >= 15 is 0 Å². The Kier molecular flexibility index (Phi) is 4.37. The molecule has 0 aromatic rings. The highest BCUT2D eigenvalue weighted by Crippen LogP contribution is 2.04. The van der Waals surface area contributed by atoms with Gasteiger partial charge in [-0.1, -0.05) is 20.3 Å². The van der Waals surface area contributed by atoms with Crippen LogP contribution in [0.4, 0.5) is 0 Å². The molecule has 0 aromatic heterocycles. The third kappa shape index (κ3) is 5.54. The van der Waals surface area contributed by atoms with E-state index < -0.39 is 0 Å². The molecule has 0 aromatic carbocycles. The van der Waals surface area contributed by atoms with E-state index in [1.165, 1.54) is 12.8 Å². The Morgan fingerprint density at radius 3 is 2.44 bits per heavy atom. The Balaban J connectivity index is 3.16. The van der Waals surface area contributed by atoms with Crippen molar-refractivity contribution in [2.45, 2.75) is 26.7 Å². The van der Waals surface area contributed by atoms with Crippen LogP contribution in [0.15, 0.2) is 0 Å². The lowest BCUT2D eigenvalue weighted by Gasteiger charge is -2.03. The normalized spacial score (nSPS) is 13.2. The molecule has 54 valence electrons. The van der Waals surface area contributed by atoms with Crippen LogP contribution in [0.3, 0.4) is 0 Å². The molecule has 0 saturated heterocycles. The van der Waals surface area contributed by atoms with Crippen molar-refractivity contribution in [2.75, 3.05) is 13.6 Å². The lowest BCUT2D eigenvalue weighted by Crippen LogP contribution is -2.07. The largest absolute Gasteiger partial charge is 0.245 e. The topological polar surface area (TPSA) is 3.01 Å². The summed E-state index contributed by atoms with van der Waals surface area (Å²) in [4.78, 5) is 0. The van der Waals surface area contributed by atoms with Crippen LogP contribution in [-0.2, 0) is 0 Å². The van der Waals surface area contributed by atoms with Crippen molar-refractivity contribution in [3.8, 4) is 0 Å². The van der Waals surface area contributed by atoms with Gasteiger partial charge < -0.3 is 0 Å². The summed E-state index contributed by atoms with van der Waals surface area (Å²) in [6.45, 7) is 9.41. The predicted molar refractivity (Wildman–Crippen MR) is 42.2 cm³/mol. The zero-order chi connectivity index (χ0) is 7.28. The Hall–Kier alpha value is -0.330. The minimum absolute atomic E-state index is 0.856. The summed E-state index contributed by atoms with van der Waals surface area (Å²) >= 11 is 0. The highest BCUT2D eigenvalue weighted by molar-refractivity contribution is 5.13. The van der Waals surface area contributed by atoms with E-state index in [9.17, 15) is 0 Å². The van der Waals surface area contributed by atoms with Crippen LogP contribution in [0.5, 0.6) is 0 Å². The minimum atomic E-state index is 0.856. The highest BCUT2D eigenvalue weighted by atomic mass is 14.9. The molecule has 0 heterocycles. The van der Waals surface area contributed by atoms with E-state index in [-0.39, 0.29) is 0 Å². The summed E-state index contributed by atoms with van der Waals surface area (Å²) < 4.78 is 1.99. The molecule has 0 bridgehead atoms. The molecule has 1 unspecified atom stereocenters. The molecule has 1 nitrogen and oxygen atoms in total. The van der Waals surface area contributed by atoms with Crippen molar-refractivity contribution in [1.82, 2.24) is 0 Å². The number of nitrogens with zero attached hydrogens (tertiary/aromatic N) is 1. The molecule has 0 spiro atoms. The molecule has 0 aliphatic rings. The van der Waals surface area contributed by atoms with Crippen molar-refractivity contribution in [3.05, 3.63) is 0 Å². The maximum absolute atomic E-state index is 3.78. The maximum Gasteiger partial charge on any atom is 0.142 e. The molecule has 0 fully saturated rings. The van der Waals surface area contributed by atoms with E-state index in [1.54, 1.807) is 0 Å². The van der Waals surface area contributed by atoms with Gasteiger partial charge in [0.05, 0.1) is 0 Å². The minimum Gasteiger partial charge on any atom is -0.245 e. The smallest absolute Gasteiger partial charge is 0.142 e. The van der Waals surface area contributed by atoms with Gasteiger partial charge in [0.2, 0.25) is 0 Å². The van der Waals surface area contributed by atoms with E-state index in [0.29, 0.717) is 0 Å². The van der Waals surface area contributed by atoms with Gasteiger partial charge in [-0.25, -0.2) is 4.58 Å². The number of hydrogen-bond donors (Lipinski definition) is 0. The summed E-state index contributed by atoms with van der Waals surface area (Å²) in [6, 6.07) is 0. The van der Waals surface area contributed by atoms with Crippen molar-refractivity contribution in [3.63, 3.8) is 0 Å². The molecule has 0 saturated carbocycles. The van der Waals surface area contributed by atoms with Gasteiger partial charge in [0.15, 0.2) is 0 Å². The first-order chi connectivity index (χ1) is 4.16. The molecule has 0 N–H and O–H groups in total. The molecule has 0 aliphatic heterocycles. The zero-order valence-corrected chi connectivity index (χ0v) is 6.85. The quantitative estimate of drug-likeness (QED) is 0.401. The number of rotatable bonds is 4. The van der Waals surface area contributed by atoms with Gasteiger partial charge in [-0.2, -0.15) is 0 Å². The predicted octanol–water partition coefficient (Wildman–Crippen LogP) is 1.77. The average Bonchev–Trinajstić information content (AvgIpc) is 1.83. The van der Waals surface area contributed by atoms with Gasteiger partial charge in [0, 0.05) is 6.42 Å². The second kappa shape index (κ2) is 4.54. The summed E-state index contributed by atoms with van der Waals surface area (Å²) in [6.07, 6.45) is 2.56. The fourth-order valence-electron chi connectivity index (χ4n) is 0.645. The van der Waals surface area contributed by atoms with E-state index in [2.05, 4.69) is 20.6 Å². The first-order valence-corrected chi connectivity index (χ1v) is 3.68. The first kappa shape index (κ1) is 8.67. The van der Waals surface area contributed by atoms with Gasteiger partial charge in [-0.05, 0) is 5.92 Å². The Labute approximate surface area is 58.4 Å². The van der Waals surface area contributed by atoms with Crippen molar-refractivity contribution in [2.24, 2.45) is 5.92 Å². The summed E-state index contributed by atoms with van der Waals surface area (Å²) in [7, 11) is 2.02. The van der Waals surface area contributed by atoms with Crippen LogP contribution in [0, 0.1) is 5.92 Å². The third-order valence-electron chi connectivity index (χ3n) is 1.70. The van der Waals surface area contributed by atoms with E-state index in [1.807, 2.05) is 11.6 Å². The Morgan fingerprint density at radius 2 is 2.11 bits per heavy atom. The summed E-state index contributed by atoms with van der Waals surface area (Å²) in [5.74, 6) is 0.856. The van der Waals surface area contributed by atoms with Crippen molar-refractivity contribution >= 4 is 6.72 Å². The third-order valence-corrected chi connectivity index (χ3v) is 1.70. The molecule has 9 heavy (non-hydrogen) atoms. The molecule has 0 amide bonds. The SMILES string of the molecule is C=[N+](C)CCC(C)CC. The second-order valence-electron chi connectivity index (χ2n) is 2.88. The lowest BCUT2D eigenvalue weighted by molar-refractivity contribution is -0.489. The zero-order valence-electron chi connectivity index (χ0n) is 6.85. The van der Waals surface area contributed by atoms with Gasteiger partial charge >= 0.3 is 0 Å². The van der Waals surface area contributed by atoms with Crippen molar-refractivity contribution in [1.29, 1.82) is 0 Å².